The van der Waals surface area contributed by atoms with Crippen LogP contribution in [0.5, 0.6) is 5.75 Å². The Morgan fingerprint density at radius 3 is 2.81 bits per heavy atom. The van der Waals surface area contributed by atoms with E-state index in [9.17, 15) is 9.18 Å². The Morgan fingerprint density at radius 1 is 1.23 bits per heavy atom. The molecule has 2 aromatic carbocycles. The zero-order valence-electron chi connectivity index (χ0n) is 13.9. The summed E-state index contributed by atoms with van der Waals surface area (Å²) in [5, 5.41) is 7.04. The van der Waals surface area contributed by atoms with Gasteiger partial charge in [-0.2, -0.15) is 5.10 Å². The minimum Gasteiger partial charge on any atom is -0.484 e. The van der Waals surface area contributed by atoms with E-state index in [2.05, 4.69) is 10.4 Å². The SMILES string of the molecule is O=C(COc1ccc(F)c(Cl)c1)NCCc1cnn(-c2ccccc2)c1. The van der Waals surface area contributed by atoms with E-state index in [1.807, 2.05) is 36.5 Å². The van der Waals surface area contributed by atoms with Crippen LogP contribution in [0.1, 0.15) is 5.56 Å². The molecule has 7 heteroatoms. The van der Waals surface area contributed by atoms with Crippen molar-refractivity contribution in [3.05, 3.63) is 77.3 Å². The van der Waals surface area contributed by atoms with Crippen molar-refractivity contribution in [3.63, 3.8) is 0 Å². The molecule has 0 fully saturated rings. The number of amides is 1. The zero-order chi connectivity index (χ0) is 18.4. The molecule has 3 rings (SSSR count). The summed E-state index contributed by atoms with van der Waals surface area (Å²) in [6.07, 6.45) is 4.36. The highest BCUT2D eigenvalue weighted by atomic mass is 35.5. The number of aromatic nitrogens is 2. The number of halogens is 2. The van der Waals surface area contributed by atoms with Gasteiger partial charge < -0.3 is 10.1 Å². The van der Waals surface area contributed by atoms with Gasteiger partial charge in [0.2, 0.25) is 0 Å². The minimum atomic E-state index is -0.528. The first kappa shape index (κ1) is 17.9. The van der Waals surface area contributed by atoms with Crippen molar-refractivity contribution in [2.45, 2.75) is 6.42 Å². The molecule has 0 radical (unpaired) electrons. The zero-order valence-corrected chi connectivity index (χ0v) is 14.6. The molecular weight excluding hydrogens is 357 g/mol. The van der Waals surface area contributed by atoms with Crippen LogP contribution >= 0.6 is 11.6 Å². The highest BCUT2D eigenvalue weighted by molar-refractivity contribution is 6.30. The topological polar surface area (TPSA) is 56.1 Å². The lowest BCUT2D eigenvalue weighted by Crippen LogP contribution is -2.30. The smallest absolute Gasteiger partial charge is 0.257 e. The van der Waals surface area contributed by atoms with Gasteiger partial charge in [-0.3, -0.25) is 4.79 Å². The summed E-state index contributed by atoms with van der Waals surface area (Å²) < 4.78 is 20.1. The van der Waals surface area contributed by atoms with Gasteiger partial charge in [-0.25, -0.2) is 9.07 Å². The Balaban J connectivity index is 1.42. The van der Waals surface area contributed by atoms with Crippen LogP contribution in [0.25, 0.3) is 5.69 Å². The predicted molar refractivity (Wildman–Crippen MR) is 97.2 cm³/mol. The van der Waals surface area contributed by atoms with Gasteiger partial charge in [-0.1, -0.05) is 29.8 Å². The number of hydrogen-bond donors (Lipinski definition) is 1. The van der Waals surface area contributed by atoms with Crippen LogP contribution in [0.15, 0.2) is 60.9 Å². The fourth-order valence-electron chi connectivity index (χ4n) is 2.32. The quantitative estimate of drug-likeness (QED) is 0.690. The Kier molecular flexibility index (Phi) is 5.86. The second kappa shape index (κ2) is 8.49. The molecule has 1 N–H and O–H groups in total. The Morgan fingerprint density at radius 2 is 2.04 bits per heavy atom. The van der Waals surface area contributed by atoms with Crippen LogP contribution in [0.4, 0.5) is 4.39 Å². The molecular formula is C19H17ClFN3O2. The third-order valence-electron chi connectivity index (χ3n) is 3.65. The molecule has 0 saturated carbocycles. The first-order valence-corrected chi connectivity index (χ1v) is 8.43. The van der Waals surface area contributed by atoms with Crippen LogP contribution in [0.2, 0.25) is 5.02 Å². The average Bonchev–Trinajstić information content (AvgIpc) is 3.12. The fraction of sp³-hybridized carbons (Fsp3) is 0.158. The van der Waals surface area contributed by atoms with Crippen LogP contribution in [-0.4, -0.2) is 28.8 Å². The van der Waals surface area contributed by atoms with E-state index in [1.54, 1.807) is 10.9 Å². The number of benzene rings is 2. The fourth-order valence-corrected chi connectivity index (χ4v) is 2.49. The first-order chi connectivity index (χ1) is 12.6. The lowest BCUT2D eigenvalue weighted by atomic mass is 10.2. The number of carbonyl (C=O) groups excluding carboxylic acids is 1. The van der Waals surface area contributed by atoms with E-state index < -0.39 is 5.82 Å². The minimum absolute atomic E-state index is 0.0432. The molecule has 1 amide bonds. The first-order valence-electron chi connectivity index (χ1n) is 8.05. The lowest BCUT2D eigenvalue weighted by Gasteiger charge is -2.07. The Bertz CT molecular complexity index is 884. The Hall–Kier alpha value is -2.86. The number of nitrogens with zero attached hydrogens (tertiary/aromatic N) is 2. The van der Waals surface area contributed by atoms with E-state index >= 15 is 0 Å². The molecule has 134 valence electrons. The van der Waals surface area contributed by atoms with Gasteiger partial charge in [-0.15, -0.1) is 0 Å². The summed E-state index contributed by atoms with van der Waals surface area (Å²) in [6, 6.07) is 13.7. The van der Waals surface area contributed by atoms with Crippen LogP contribution < -0.4 is 10.1 Å². The van der Waals surface area contributed by atoms with E-state index in [0.717, 1.165) is 11.3 Å². The molecule has 0 spiro atoms. The van der Waals surface area contributed by atoms with Gasteiger partial charge in [-0.05, 0) is 36.2 Å². The van der Waals surface area contributed by atoms with Crippen LogP contribution in [0, 0.1) is 5.82 Å². The molecule has 1 heterocycles. The van der Waals surface area contributed by atoms with Crippen LogP contribution in [-0.2, 0) is 11.2 Å². The summed E-state index contributed by atoms with van der Waals surface area (Å²) in [5.41, 5.74) is 1.99. The maximum absolute atomic E-state index is 13.1. The summed E-state index contributed by atoms with van der Waals surface area (Å²) in [7, 11) is 0. The molecule has 0 saturated heterocycles. The monoisotopic (exact) mass is 373 g/mol. The molecule has 0 bridgehead atoms. The number of nitrogens with one attached hydrogen (secondary N) is 1. The van der Waals surface area contributed by atoms with Crippen molar-refractivity contribution in [3.8, 4) is 11.4 Å². The normalized spacial score (nSPS) is 10.5. The summed E-state index contributed by atoms with van der Waals surface area (Å²) in [6.45, 7) is 0.304. The molecule has 0 aliphatic rings. The van der Waals surface area contributed by atoms with Crippen molar-refractivity contribution in [2.24, 2.45) is 0 Å². The standard InChI is InChI=1S/C19H17ClFN3O2/c20-17-10-16(6-7-18(17)21)26-13-19(25)22-9-8-14-11-23-24(12-14)15-4-2-1-3-5-15/h1-7,10-12H,8-9,13H2,(H,22,25). The van der Waals surface area contributed by atoms with E-state index in [-0.39, 0.29) is 17.5 Å². The summed E-state index contributed by atoms with van der Waals surface area (Å²) in [4.78, 5) is 11.8. The Labute approximate surface area is 155 Å². The lowest BCUT2D eigenvalue weighted by molar-refractivity contribution is -0.123. The van der Waals surface area contributed by atoms with E-state index in [0.29, 0.717) is 18.7 Å². The second-order valence-electron chi connectivity index (χ2n) is 5.59. The molecule has 0 aliphatic heterocycles. The van der Waals surface area contributed by atoms with Gasteiger partial charge in [0.25, 0.3) is 5.91 Å². The van der Waals surface area contributed by atoms with Gasteiger partial charge in [0, 0.05) is 18.8 Å². The molecule has 0 atom stereocenters. The summed E-state index contributed by atoms with van der Waals surface area (Å²) in [5.74, 6) is -0.448. The summed E-state index contributed by atoms with van der Waals surface area (Å²) >= 11 is 5.66. The molecule has 26 heavy (non-hydrogen) atoms. The molecule has 3 aromatic rings. The second-order valence-corrected chi connectivity index (χ2v) is 6.00. The number of hydrogen-bond acceptors (Lipinski definition) is 3. The van der Waals surface area contributed by atoms with Gasteiger partial charge in [0.1, 0.15) is 11.6 Å². The van der Waals surface area contributed by atoms with Crippen molar-refractivity contribution in [1.29, 1.82) is 0 Å². The highest BCUT2D eigenvalue weighted by Crippen LogP contribution is 2.20. The molecule has 1 aromatic heterocycles. The largest absolute Gasteiger partial charge is 0.484 e. The van der Waals surface area contributed by atoms with Gasteiger partial charge >= 0.3 is 0 Å². The molecule has 0 unspecified atom stereocenters. The van der Waals surface area contributed by atoms with Crippen molar-refractivity contribution >= 4 is 17.5 Å². The van der Waals surface area contributed by atoms with E-state index in [4.69, 9.17) is 16.3 Å². The number of ether oxygens (including phenoxy) is 1. The molecule has 0 aliphatic carbocycles. The van der Waals surface area contributed by atoms with Crippen molar-refractivity contribution < 1.29 is 13.9 Å². The number of rotatable bonds is 7. The van der Waals surface area contributed by atoms with Crippen molar-refractivity contribution in [2.75, 3.05) is 13.2 Å². The number of para-hydroxylation sites is 1. The maximum Gasteiger partial charge on any atom is 0.257 e. The van der Waals surface area contributed by atoms with Gasteiger partial charge in [0.15, 0.2) is 6.61 Å². The molecule has 5 nitrogen and oxygen atoms in total. The van der Waals surface area contributed by atoms with Gasteiger partial charge in [0.05, 0.1) is 16.9 Å². The maximum atomic E-state index is 13.1. The van der Waals surface area contributed by atoms with Crippen molar-refractivity contribution in [1.82, 2.24) is 15.1 Å². The average molecular weight is 374 g/mol. The number of carbonyl (C=O) groups is 1. The highest BCUT2D eigenvalue weighted by Gasteiger charge is 2.06. The van der Waals surface area contributed by atoms with E-state index in [1.165, 1.54) is 18.2 Å². The van der Waals surface area contributed by atoms with Crippen LogP contribution in [0.3, 0.4) is 0 Å². The third kappa shape index (κ3) is 4.83. The predicted octanol–water partition coefficient (Wildman–Crippen LogP) is 3.40. The third-order valence-corrected chi connectivity index (χ3v) is 3.94.